The molecule has 0 bridgehead atoms. The van der Waals surface area contributed by atoms with E-state index in [-0.39, 0.29) is 24.6 Å². The van der Waals surface area contributed by atoms with Crippen molar-refractivity contribution in [2.75, 3.05) is 0 Å². The predicted octanol–water partition coefficient (Wildman–Crippen LogP) is 0.155. The first-order valence-electron chi connectivity index (χ1n) is 3.31. The number of hydrogen-bond acceptors (Lipinski definition) is 3. The number of rotatable bonds is 2. The van der Waals surface area contributed by atoms with E-state index < -0.39 is 17.7 Å². The predicted molar refractivity (Wildman–Crippen MR) is 45.2 cm³/mol. The van der Waals surface area contributed by atoms with Crippen LogP contribution < -0.4 is 0 Å². The van der Waals surface area contributed by atoms with Gasteiger partial charge in [0.25, 0.3) is 0 Å². The van der Waals surface area contributed by atoms with Gasteiger partial charge in [-0.3, -0.25) is 4.79 Å². The number of nitrogens with zero attached hydrogens (tertiary/aromatic N) is 2. The average Bonchev–Trinajstić information content (AvgIpc) is 2.04. The molecular weight excluding hydrogens is 170 g/mol. The van der Waals surface area contributed by atoms with Gasteiger partial charge in [-0.2, -0.15) is 0 Å². The fourth-order valence-corrected chi connectivity index (χ4v) is 0.758. The molecule has 1 unspecified atom stereocenters. The van der Waals surface area contributed by atoms with Crippen molar-refractivity contribution < 1.29 is 14.3 Å². The molecule has 0 aromatic carbocycles. The Labute approximate surface area is 86.4 Å². The number of carbonyl (C=O) groups is 1. The average molecular weight is 178 g/mol. The Morgan fingerprint density at radius 2 is 2.31 bits per heavy atom. The van der Waals surface area contributed by atoms with Gasteiger partial charge < -0.3 is 5.11 Å². The van der Waals surface area contributed by atoms with Gasteiger partial charge in [0.15, 0.2) is 5.82 Å². The van der Waals surface area contributed by atoms with E-state index in [4.69, 9.17) is 5.11 Å². The van der Waals surface area contributed by atoms with E-state index in [0.29, 0.717) is 0 Å². The van der Waals surface area contributed by atoms with Crippen molar-refractivity contribution in [1.82, 2.24) is 9.97 Å². The first-order valence-corrected chi connectivity index (χ1v) is 3.31. The topological polar surface area (TPSA) is 63.1 Å². The third-order valence-corrected chi connectivity index (χ3v) is 1.48. The van der Waals surface area contributed by atoms with Crippen LogP contribution in [0.1, 0.15) is 18.5 Å². The third-order valence-electron chi connectivity index (χ3n) is 1.48. The molecule has 1 N–H and O–H groups in total. The van der Waals surface area contributed by atoms with E-state index in [1.807, 2.05) is 0 Å². The molecule has 6 heteroatoms. The molecule has 0 amide bonds. The second-order valence-corrected chi connectivity index (χ2v) is 2.32. The summed E-state index contributed by atoms with van der Waals surface area (Å²) in [6.07, 6.45) is 2.07. The molecule has 1 aromatic rings. The van der Waals surface area contributed by atoms with Crippen LogP contribution in [0.5, 0.6) is 0 Å². The molecule has 4 nitrogen and oxygen atoms in total. The van der Waals surface area contributed by atoms with Crippen LogP contribution in [0.25, 0.3) is 0 Å². The summed E-state index contributed by atoms with van der Waals surface area (Å²) in [6, 6.07) is 0. The SMILES string of the molecule is CC(C(=O)O)c1ncncc1F.[LiH]. The molecule has 0 radical (unpaired) electrons. The molecule has 0 aliphatic rings. The van der Waals surface area contributed by atoms with E-state index in [1.165, 1.54) is 6.92 Å². The Bertz CT molecular complexity index is 308. The molecule has 13 heavy (non-hydrogen) atoms. The molecule has 0 spiro atoms. The maximum atomic E-state index is 12.8. The molecule has 1 rings (SSSR count). The summed E-state index contributed by atoms with van der Waals surface area (Å²) in [7, 11) is 0. The number of carboxylic acid groups (broad SMARTS) is 1. The quantitative estimate of drug-likeness (QED) is 0.655. The zero-order valence-corrected chi connectivity index (χ0v) is 6.36. The fraction of sp³-hybridized carbons (Fsp3) is 0.286. The summed E-state index contributed by atoms with van der Waals surface area (Å²) in [5.74, 6) is -2.73. The summed E-state index contributed by atoms with van der Waals surface area (Å²) in [5.41, 5.74) is -0.0856. The Morgan fingerprint density at radius 3 is 2.77 bits per heavy atom. The Kier molecular flexibility index (Phi) is 4.60. The Hall–Kier alpha value is -0.923. The minimum atomic E-state index is -1.10. The monoisotopic (exact) mass is 178 g/mol. The first kappa shape index (κ1) is 12.1. The normalized spacial score (nSPS) is 11.5. The van der Waals surface area contributed by atoms with Crippen LogP contribution in [0.4, 0.5) is 4.39 Å². The first-order chi connectivity index (χ1) is 5.63. The van der Waals surface area contributed by atoms with E-state index in [0.717, 1.165) is 12.5 Å². The summed E-state index contributed by atoms with van der Waals surface area (Å²) in [4.78, 5) is 17.4. The standard InChI is InChI=1S/C7H7FN2O2.Li.H/c1-4(7(11)12)6-5(8)2-9-3-10-6;;/h2-4H,1H3,(H,11,12);;. The second-order valence-electron chi connectivity index (χ2n) is 2.32. The van der Waals surface area contributed by atoms with Crippen molar-refractivity contribution >= 4 is 24.8 Å². The van der Waals surface area contributed by atoms with Gasteiger partial charge in [0.05, 0.1) is 17.8 Å². The molecule has 0 saturated carbocycles. The van der Waals surface area contributed by atoms with Crippen molar-refractivity contribution in [1.29, 1.82) is 0 Å². The van der Waals surface area contributed by atoms with E-state index >= 15 is 0 Å². The number of aromatic nitrogens is 2. The van der Waals surface area contributed by atoms with Crippen LogP contribution in [0.2, 0.25) is 0 Å². The van der Waals surface area contributed by atoms with Crippen molar-refractivity contribution in [2.24, 2.45) is 0 Å². The summed E-state index contributed by atoms with van der Waals surface area (Å²) >= 11 is 0. The van der Waals surface area contributed by atoms with Crippen LogP contribution in [0, 0.1) is 5.82 Å². The second kappa shape index (κ2) is 4.95. The van der Waals surface area contributed by atoms with Gasteiger partial charge >= 0.3 is 24.8 Å². The van der Waals surface area contributed by atoms with Crippen LogP contribution in [-0.2, 0) is 4.79 Å². The van der Waals surface area contributed by atoms with Crippen LogP contribution in [0.15, 0.2) is 12.5 Å². The molecule has 1 atom stereocenters. The van der Waals surface area contributed by atoms with Crippen LogP contribution in [-0.4, -0.2) is 39.9 Å². The molecular formula is C7H8FLiN2O2. The van der Waals surface area contributed by atoms with Gasteiger partial charge in [0.2, 0.25) is 0 Å². The van der Waals surface area contributed by atoms with Crippen LogP contribution >= 0.6 is 0 Å². The van der Waals surface area contributed by atoms with Gasteiger partial charge in [-0.05, 0) is 6.92 Å². The van der Waals surface area contributed by atoms with Gasteiger partial charge in [0, 0.05) is 0 Å². The molecule has 66 valence electrons. The van der Waals surface area contributed by atoms with Crippen molar-refractivity contribution in [2.45, 2.75) is 12.8 Å². The van der Waals surface area contributed by atoms with Crippen molar-refractivity contribution in [3.63, 3.8) is 0 Å². The molecule has 1 aromatic heterocycles. The zero-order valence-electron chi connectivity index (χ0n) is 6.36. The van der Waals surface area contributed by atoms with Gasteiger partial charge in [-0.25, -0.2) is 14.4 Å². The van der Waals surface area contributed by atoms with E-state index in [2.05, 4.69) is 9.97 Å². The van der Waals surface area contributed by atoms with Gasteiger partial charge in [-0.15, -0.1) is 0 Å². The Morgan fingerprint density at radius 1 is 1.69 bits per heavy atom. The van der Waals surface area contributed by atoms with E-state index in [1.54, 1.807) is 0 Å². The molecule has 0 saturated heterocycles. The summed E-state index contributed by atoms with van der Waals surface area (Å²) < 4.78 is 12.8. The van der Waals surface area contributed by atoms with Crippen LogP contribution in [0.3, 0.4) is 0 Å². The zero-order chi connectivity index (χ0) is 9.14. The number of hydrogen-bond donors (Lipinski definition) is 1. The summed E-state index contributed by atoms with van der Waals surface area (Å²) in [5, 5.41) is 8.53. The van der Waals surface area contributed by atoms with Crippen molar-refractivity contribution in [3.8, 4) is 0 Å². The fourth-order valence-electron chi connectivity index (χ4n) is 0.758. The number of aliphatic carboxylic acids is 1. The van der Waals surface area contributed by atoms with E-state index in [9.17, 15) is 9.18 Å². The maximum absolute atomic E-state index is 12.8. The molecule has 0 aliphatic carbocycles. The number of halogens is 1. The van der Waals surface area contributed by atoms with Gasteiger partial charge in [-0.1, -0.05) is 0 Å². The van der Waals surface area contributed by atoms with Crippen molar-refractivity contribution in [3.05, 3.63) is 24.0 Å². The third kappa shape index (κ3) is 2.79. The molecule has 0 aliphatic heterocycles. The Balaban J connectivity index is 0.00000144. The summed E-state index contributed by atoms with van der Waals surface area (Å²) in [6.45, 7) is 1.37. The number of carboxylic acids is 1. The molecule has 0 fully saturated rings. The minimum absolute atomic E-state index is 0. The van der Waals surface area contributed by atoms with Gasteiger partial charge in [0.1, 0.15) is 6.33 Å². The molecule has 1 heterocycles.